The first-order valence-electron chi connectivity index (χ1n) is 8.34. The number of aromatic nitrogens is 2. The average Bonchev–Trinajstić information content (AvgIpc) is 3.17. The van der Waals surface area contributed by atoms with E-state index in [0.29, 0.717) is 29.1 Å². The summed E-state index contributed by atoms with van der Waals surface area (Å²) in [4.78, 5) is 15.9. The van der Waals surface area contributed by atoms with Gasteiger partial charge in [0.1, 0.15) is 5.82 Å². The Morgan fingerprint density at radius 1 is 1.23 bits per heavy atom. The topological polar surface area (TPSA) is 80.0 Å². The molecule has 2 aromatic carbocycles. The molecule has 1 aliphatic rings. The van der Waals surface area contributed by atoms with E-state index < -0.39 is 0 Å². The first-order valence-corrected chi connectivity index (χ1v) is 8.34. The van der Waals surface area contributed by atoms with Crippen LogP contribution in [0.3, 0.4) is 0 Å². The largest absolute Gasteiger partial charge is 0.355 e. The van der Waals surface area contributed by atoms with Crippen molar-refractivity contribution in [2.75, 3.05) is 13.6 Å². The first kappa shape index (κ1) is 16.4. The van der Waals surface area contributed by atoms with Crippen LogP contribution >= 0.6 is 0 Å². The number of hydrogen-bond donors (Lipinski definition) is 2. The quantitative estimate of drug-likeness (QED) is 0.757. The monoisotopic (exact) mass is 352 g/mol. The number of carbonyl (C=O) groups is 1. The predicted octanol–water partition coefficient (Wildman–Crippen LogP) is 2.55. The Bertz CT molecular complexity index is 966. The van der Waals surface area contributed by atoms with E-state index in [4.69, 9.17) is 4.52 Å². The Morgan fingerprint density at radius 2 is 2.04 bits per heavy atom. The molecule has 0 fully saturated rings. The van der Waals surface area contributed by atoms with Gasteiger partial charge in [-0.1, -0.05) is 17.3 Å². The highest BCUT2D eigenvalue weighted by Gasteiger charge is 2.19. The highest BCUT2D eigenvalue weighted by Crippen LogP contribution is 2.28. The maximum atomic E-state index is 14.5. The minimum absolute atomic E-state index is 0.140. The molecule has 0 aliphatic carbocycles. The summed E-state index contributed by atoms with van der Waals surface area (Å²) >= 11 is 0. The average molecular weight is 352 g/mol. The number of hydrogen-bond acceptors (Lipinski definition) is 5. The van der Waals surface area contributed by atoms with Crippen molar-refractivity contribution in [3.05, 3.63) is 58.9 Å². The van der Waals surface area contributed by atoms with E-state index in [1.54, 1.807) is 43.4 Å². The van der Waals surface area contributed by atoms with Crippen molar-refractivity contribution >= 4 is 5.91 Å². The second kappa shape index (κ2) is 6.68. The van der Waals surface area contributed by atoms with E-state index in [0.717, 1.165) is 24.1 Å². The van der Waals surface area contributed by atoms with Crippen LogP contribution in [0.25, 0.3) is 22.8 Å². The summed E-state index contributed by atoms with van der Waals surface area (Å²) in [6, 6.07) is 10.1. The third-order valence-corrected chi connectivity index (χ3v) is 4.46. The summed E-state index contributed by atoms with van der Waals surface area (Å²) in [5.74, 6) is -0.0501. The summed E-state index contributed by atoms with van der Waals surface area (Å²) in [6.45, 7) is 1.55. The zero-order valence-electron chi connectivity index (χ0n) is 14.2. The summed E-state index contributed by atoms with van der Waals surface area (Å²) < 4.78 is 19.7. The van der Waals surface area contributed by atoms with Crippen LogP contribution in [-0.4, -0.2) is 29.6 Å². The molecule has 0 bridgehead atoms. The van der Waals surface area contributed by atoms with Gasteiger partial charge in [0.2, 0.25) is 5.82 Å². The van der Waals surface area contributed by atoms with Crippen molar-refractivity contribution in [2.24, 2.45) is 0 Å². The SMILES string of the molecule is CNC(=O)c1ccc(-c2noc(-c3cc4c(cc3F)CCNC4)n2)cc1. The van der Waals surface area contributed by atoms with E-state index in [2.05, 4.69) is 20.8 Å². The molecule has 132 valence electrons. The van der Waals surface area contributed by atoms with E-state index in [1.807, 2.05) is 0 Å². The molecule has 0 radical (unpaired) electrons. The van der Waals surface area contributed by atoms with E-state index in [9.17, 15) is 9.18 Å². The van der Waals surface area contributed by atoms with E-state index in [-0.39, 0.29) is 17.6 Å². The molecule has 4 rings (SSSR count). The second-order valence-corrected chi connectivity index (χ2v) is 6.11. The van der Waals surface area contributed by atoms with Gasteiger partial charge in [0.25, 0.3) is 11.8 Å². The zero-order valence-corrected chi connectivity index (χ0v) is 14.2. The van der Waals surface area contributed by atoms with Crippen LogP contribution in [0.15, 0.2) is 40.9 Å². The molecule has 0 saturated carbocycles. The van der Waals surface area contributed by atoms with Crippen molar-refractivity contribution in [3.8, 4) is 22.8 Å². The van der Waals surface area contributed by atoms with Crippen LogP contribution in [0.1, 0.15) is 21.5 Å². The number of halogens is 1. The summed E-state index contributed by atoms with van der Waals surface area (Å²) in [6.07, 6.45) is 0.805. The van der Waals surface area contributed by atoms with Crippen molar-refractivity contribution < 1.29 is 13.7 Å². The third-order valence-electron chi connectivity index (χ3n) is 4.46. The fraction of sp³-hybridized carbons (Fsp3) is 0.211. The molecule has 0 spiro atoms. The van der Waals surface area contributed by atoms with Crippen LogP contribution in [0, 0.1) is 5.82 Å². The van der Waals surface area contributed by atoms with Crippen molar-refractivity contribution in [2.45, 2.75) is 13.0 Å². The molecule has 0 saturated heterocycles. The van der Waals surface area contributed by atoms with Crippen molar-refractivity contribution in [3.63, 3.8) is 0 Å². The standard InChI is InChI=1S/C19H17FN4O2/c1-21-18(25)12-4-2-11(3-5-12)17-23-19(26-24-17)15-8-14-10-22-7-6-13(14)9-16(15)20/h2-5,8-9,22H,6-7,10H2,1H3,(H,21,25). The Labute approximate surface area is 149 Å². The van der Waals surface area contributed by atoms with Gasteiger partial charge in [0.15, 0.2) is 0 Å². The summed E-state index contributed by atoms with van der Waals surface area (Å²) in [7, 11) is 1.57. The van der Waals surface area contributed by atoms with Crippen molar-refractivity contribution in [1.82, 2.24) is 20.8 Å². The number of benzene rings is 2. The molecule has 1 aliphatic heterocycles. The number of nitrogens with zero attached hydrogens (tertiary/aromatic N) is 2. The molecule has 1 aromatic heterocycles. The van der Waals surface area contributed by atoms with Crippen LogP contribution in [-0.2, 0) is 13.0 Å². The molecule has 1 amide bonds. The van der Waals surface area contributed by atoms with Crippen LogP contribution in [0.4, 0.5) is 4.39 Å². The van der Waals surface area contributed by atoms with Gasteiger partial charge in [-0.3, -0.25) is 4.79 Å². The van der Waals surface area contributed by atoms with Gasteiger partial charge in [-0.2, -0.15) is 4.98 Å². The molecule has 2 N–H and O–H groups in total. The number of amides is 1. The third kappa shape index (κ3) is 2.97. The van der Waals surface area contributed by atoms with Crippen LogP contribution in [0.5, 0.6) is 0 Å². The molecule has 6 nitrogen and oxygen atoms in total. The van der Waals surface area contributed by atoms with Gasteiger partial charge in [-0.05, 0) is 48.4 Å². The lowest BCUT2D eigenvalue weighted by molar-refractivity contribution is 0.0963. The molecule has 3 aromatic rings. The molecule has 0 unspecified atom stereocenters. The fourth-order valence-corrected chi connectivity index (χ4v) is 3.03. The maximum absolute atomic E-state index is 14.5. The minimum atomic E-state index is -0.365. The Balaban J connectivity index is 1.65. The highest BCUT2D eigenvalue weighted by atomic mass is 19.1. The second-order valence-electron chi connectivity index (χ2n) is 6.11. The molecular weight excluding hydrogens is 335 g/mol. The maximum Gasteiger partial charge on any atom is 0.261 e. The smallest absolute Gasteiger partial charge is 0.261 e. The molecule has 0 atom stereocenters. The van der Waals surface area contributed by atoms with Gasteiger partial charge in [0.05, 0.1) is 5.56 Å². The van der Waals surface area contributed by atoms with E-state index >= 15 is 0 Å². The number of fused-ring (bicyclic) bond motifs is 1. The van der Waals surface area contributed by atoms with Gasteiger partial charge in [-0.15, -0.1) is 0 Å². The molecule has 2 heterocycles. The zero-order chi connectivity index (χ0) is 18.1. The minimum Gasteiger partial charge on any atom is -0.355 e. The Morgan fingerprint density at radius 3 is 2.81 bits per heavy atom. The predicted molar refractivity (Wildman–Crippen MR) is 93.9 cm³/mol. The van der Waals surface area contributed by atoms with Gasteiger partial charge in [-0.25, -0.2) is 4.39 Å². The number of nitrogens with one attached hydrogen (secondary N) is 2. The van der Waals surface area contributed by atoms with Crippen molar-refractivity contribution in [1.29, 1.82) is 0 Å². The lowest BCUT2D eigenvalue weighted by Crippen LogP contribution is -2.23. The molecular formula is C19H17FN4O2. The van der Waals surface area contributed by atoms with Crippen LogP contribution in [0.2, 0.25) is 0 Å². The summed E-state index contributed by atoms with van der Waals surface area (Å²) in [5, 5.41) is 9.77. The lowest BCUT2D eigenvalue weighted by atomic mass is 9.98. The lowest BCUT2D eigenvalue weighted by Gasteiger charge is -2.17. The van der Waals surface area contributed by atoms with E-state index in [1.165, 1.54) is 0 Å². The molecule has 7 heteroatoms. The van der Waals surface area contributed by atoms with Gasteiger partial charge in [0, 0.05) is 24.7 Å². The summed E-state index contributed by atoms with van der Waals surface area (Å²) in [5.41, 5.74) is 3.57. The van der Waals surface area contributed by atoms with Crippen LogP contribution < -0.4 is 10.6 Å². The van der Waals surface area contributed by atoms with Gasteiger partial charge < -0.3 is 15.2 Å². The first-order chi connectivity index (χ1) is 12.7. The number of carbonyl (C=O) groups excluding carboxylic acids is 1. The normalized spacial score (nSPS) is 13.3. The number of rotatable bonds is 3. The highest BCUT2D eigenvalue weighted by molar-refractivity contribution is 5.94. The van der Waals surface area contributed by atoms with Gasteiger partial charge >= 0.3 is 0 Å². The Hall–Kier alpha value is -3.06. The fourth-order valence-electron chi connectivity index (χ4n) is 3.03. The molecule has 26 heavy (non-hydrogen) atoms. The Kier molecular flexibility index (Phi) is 4.22.